The molecule has 0 aliphatic rings. The summed E-state index contributed by atoms with van der Waals surface area (Å²) in [6.07, 6.45) is 2.41. The number of hydrogen-bond acceptors (Lipinski definition) is 2. The first kappa shape index (κ1) is 14.0. The Morgan fingerprint density at radius 1 is 1.12 bits per heavy atom. The molecule has 0 amide bonds. The fourth-order valence-corrected chi connectivity index (χ4v) is 1.55. The van der Waals surface area contributed by atoms with E-state index in [1.165, 1.54) is 12.0 Å². The van der Waals surface area contributed by atoms with Gasteiger partial charge in [-0.05, 0) is 50.6 Å². The van der Waals surface area contributed by atoms with Crippen LogP contribution in [-0.4, -0.2) is 32.1 Å². The Morgan fingerprint density at radius 2 is 1.76 bits per heavy atom. The van der Waals surface area contributed by atoms with E-state index in [1.54, 1.807) is 0 Å². The van der Waals surface area contributed by atoms with Gasteiger partial charge in [-0.15, -0.1) is 0 Å². The number of hydrogen-bond donors (Lipinski definition) is 0. The van der Waals surface area contributed by atoms with E-state index in [1.807, 2.05) is 0 Å². The second-order valence-electron chi connectivity index (χ2n) is 5.23. The molecule has 0 aromatic heterocycles. The monoisotopic (exact) mass is 235 g/mol. The summed E-state index contributed by atoms with van der Waals surface area (Å²) in [5, 5.41) is 0. The predicted octanol–water partition coefficient (Wildman–Crippen LogP) is 3.22. The lowest BCUT2D eigenvalue weighted by Crippen LogP contribution is -2.19. The molecule has 2 nitrogen and oxygen atoms in total. The van der Waals surface area contributed by atoms with Crippen molar-refractivity contribution in [3.8, 4) is 5.75 Å². The van der Waals surface area contributed by atoms with E-state index in [0.29, 0.717) is 0 Å². The number of ether oxygens (including phenoxy) is 1. The van der Waals surface area contributed by atoms with E-state index in [9.17, 15) is 0 Å². The first-order valence-corrected chi connectivity index (χ1v) is 6.44. The Balaban J connectivity index is 2.34. The summed E-state index contributed by atoms with van der Waals surface area (Å²) in [4.78, 5) is 2.12. The molecule has 1 aromatic carbocycles. The van der Waals surface area contributed by atoms with Gasteiger partial charge in [-0.2, -0.15) is 0 Å². The highest BCUT2D eigenvalue weighted by Gasteiger charge is 1.98. The molecule has 0 atom stereocenters. The standard InChI is InChI=1S/C15H25NO/c1-13(2)5-6-14-7-9-15(10-8-14)17-12-11-16(3)4/h7-10,13H,5-6,11-12H2,1-4H3. The van der Waals surface area contributed by atoms with E-state index >= 15 is 0 Å². The summed E-state index contributed by atoms with van der Waals surface area (Å²) in [7, 11) is 4.11. The van der Waals surface area contributed by atoms with E-state index in [-0.39, 0.29) is 0 Å². The lowest BCUT2D eigenvalue weighted by Gasteiger charge is -2.11. The van der Waals surface area contributed by atoms with Crippen LogP contribution < -0.4 is 4.74 Å². The lowest BCUT2D eigenvalue weighted by molar-refractivity contribution is 0.261. The maximum absolute atomic E-state index is 5.66. The van der Waals surface area contributed by atoms with Crippen molar-refractivity contribution >= 4 is 0 Å². The fourth-order valence-electron chi connectivity index (χ4n) is 1.55. The van der Waals surface area contributed by atoms with Crippen LogP contribution in [0.4, 0.5) is 0 Å². The number of likely N-dealkylation sites (N-methyl/N-ethyl adjacent to an activating group) is 1. The normalized spacial score (nSPS) is 11.2. The van der Waals surface area contributed by atoms with Gasteiger partial charge in [0.15, 0.2) is 0 Å². The van der Waals surface area contributed by atoms with Gasteiger partial charge in [-0.25, -0.2) is 0 Å². The Kier molecular flexibility index (Phi) is 6.06. The summed E-state index contributed by atoms with van der Waals surface area (Å²) >= 11 is 0. The molecule has 0 aliphatic heterocycles. The molecule has 0 aliphatic carbocycles. The average Bonchev–Trinajstić information content (AvgIpc) is 2.27. The molecule has 96 valence electrons. The molecule has 0 fully saturated rings. The molecule has 0 N–H and O–H groups in total. The van der Waals surface area contributed by atoms with Crippen molar-refractivity contribution in [3.05, 3.63) is 29.8 Å². The van der Waals surface area contributed by atoms with Crippen LogP contribution >= 0.6 is 0 Å². The van der Waals surface area contributed by atoms with Gasteiger partial charge < -0.3 is 9.64 Å². The molecule has 0 saturated heterocycles. The van der Waals surface area contributed by atoms with Gasteiger partial charge >= 0.3 is 0 Å². The molecule has 1 rings (SSSR count). The first-order valence-electron chi connectivity index (χ1n) is 6.44. The number of benzene rings is 1. The van der Waals surface area contributed by atoms with Gasteiger partial charge in [0.25, 0.3) is 0 Å². The van der Waals surface area contributed by atoms with Crippen molar-refractivity contribution in [2.75, 3.05) is 27.2 Å². The summed E-state index contributed by atoms with van der Waals surface area (Å²) in [5.74, 6) is 1.74. The zero-order valence-electron chi connectivity index (χ0n) is 11.6. The third-order valence-corrected chi connectivity index (χ3v) is 2.74. The minimum Gasteiger partial charge on any atom is -0.492 e. The van der Waals surface area contributed by atoms with Crippen molar-refractivity contribution in [1.29, 1.82) is 0 Å². The second-order valence-corrected chi connectivity index (χ2v) is 5.23. The van der Waals surface area contributed by atoms with Crippen molar-refractivity contribution < 1.29 is 4.74 Å². The van der Waals surface area contributed by atoms with E-state index in [0.717, 1.165) is 31.2 Å². The molecule has 0 spiro atoms. The van der Waals surface area contributed by atoms with Crippen LogP contribution in [0.25, 0.3) is 0 Å². The van der Waals surface area contributed by atoms with Crippen LogP contribution in [0.5, 0.6) is 5.75 Å². The van der Waals surface area contributed by atoms with E-state index < -0.39 is 0 Å². The highest BCUT2D eigenvalue weighted by Crippen LogP contribution is 2.15. The van der Waals surface area contributed by atoms with Crippen LogP contribution in [0.2, 0.25) is 0 Å². The van der Waals surface area contributed by atoms with Crippen LogP contribution in [0, 0.1) is 5.92 Å². The molecule has 0 bridgehead atoms. The Bertz CT molecular complexity index is 303. The Hall–Kier alpha value is -1.02. The quantitative estimate of drug-likeness (QED) is 0.719. The summed E-state index contributed by atoms with van der Waals surface area (Å²) in [6, 6.07) is 8.50. The van der Waals surface area contributed by atoms with Crippen molar-refractivity contribution in [2.45, 2.75) is 26.7 Å². The third kappa shape index (κ3) is 6.32. The summed E-state index contributed by atoms with van der Waals surface area (Å²) in [5.41, 5.74) is 1.40. The first-order chi connectivity index (χ1) is 8.08. The average molecular weight is 235 g/mol. The SMILES string of the molecule is CC(C)CCc1ccc(OCCN(C)C)cc1. The summed E-state index contributed by atoms with van der Waals surface area (Å²) < 4.78 is 5.66. The van der Waals surface area contributed by atoms with Gasteiger partial charge in [-0.1, -0.05) is 26.0 Å². The van der Waals surface area contributed by atoms with Crippen LogP contribution in [0.3, 0.4) is 0 Å². The Labute approximate surface area is 106 Å². The minimum absolute atomic E-state index is 0.748. The smallest absolute Gasteiger partial charge is 0.119 e. The zero-order chi connectivity index (χ0) is 12.7. The molecular formula is C15H25NO. The van der Waals surface area contributed by atoms with E-state index in [4.69, 9.17) is 4.74 Å². The lowest BCUT2D eigenvalue weighted by atomic mass is 10.0. The number of nitrogens with zero attached hydrogens (tertiary/aromatic N) is 1. The topological polar surface area (TPSA) is 12.5 Å². The Morgan fingerprint density at radius 3 is 2.29 bits per heavy atom. The van der Waals surface area contributed by atoms with Gasteiger partial charge in [0.05, 0.1) is 0 Å². The molecule has 1 aromatic rings. The predicted molar refractivity (Wildman–Crippen MR) is 73.7 cm³/mol. The van der Waals surface area contributed by atoms with Gasteiger partial charge in [0, 0.05) is 6.54 Å². The molecule has 0 heterocycles. The second kappa shape index (κ2) is 7.33. The maximum atomic E-state index is 5.66. The van der Waals surface area contributed by atoms with Crippen molar-refractivity contribution in [1.82, 2.24) is 4.90 Å². The van der Waals surface area contributed by atoms with Gasteiger partial charge in [0.2, 0.25) is 0 Å². The third-order valence-electron chi connectivity index (χ3n) is 2.74. The fraction of sp³-hybridized carbons (Fsp3) is 0.600. The maximum Gasteiger partial charge on any atom is 0.119 e. The number of aryl methyl sites for hydroxylation is 1. The zero-order valence-corrected chi connectivity index (χ0v) is 11.6. The van der Waals surface area contributed by atoms with Crippen LogP contribution in [0.15, 0.2) is 24.3 Å². The number of rotatable bonds is 7. The minimum atomic E-state index is 0.748. The molecule has 0 radical (unpaired) electrons. The van der Waals surface area contributed by atoms with Gasteiger partial charge in [0.1, 0.15) is 12.4 Å². The van der Waals surface area contributed by atoms with Crippen molar-refractivity contribution in [3.63, 3.8) is 0 Å². The molecule has 0 unspecified atom stereocenters. The van der Waals surface area contributed by atoms with E-state index in [2.05, 4.69) is 57.1 Å². The highest BCUT2D eigenvalue weighted by atomic mass is 16.5. The highest BCUT2D eigenvalue weighted by molar-refractivity contribution is 5.27. The summed E-state index contributed by atoms with van der Waals surface area (Å²) in [6.45, 7) is 6.23. The molecule has 0 saturated carbocycles. The van der Waals surface area contributed by atoms with Crippen LogP contribution in [-0.2, 0) is 6.42 Å². The molecular weight excluding hydrogens is 210 g/mol. The van der Waals surface area contributed by atoms with Crippen LogP contribution in [0.1, 0.15) is 25.8 Å². The molecule has 2 heteroatoms. The molecule has 17 heavy (non-hydrogen) atoms. The van der Waals surface area contributed by atoms with Gasteiger partial charge in [-0.3, -0.25) is 0 Å². The van der Waals surface area contributed by atoms with Crippen molar-refractivity contribution in [2.24, 2.45) is 5.92 Å². The largest absolute Gasteiger partial charge is 0.492 e.